The third kappa shape index (κ3) is 2.53. The van der Waals surface area contributed by atoms with E-state index in [1.165, 1.54) is 18.2 Å². The smallest absolute Gasteiger partial charge is 0.128 e. The van der Waals surface area contributed by atoms with Crippen molar-refractivity contribution in [2.45, 2.75) is 6.04 Å². The Morgan fingerprint density at radius 2 is 1.71 bits per heavy atom. The number of hydrogen-bond donors (Lipinski definition) is 1. The van der Waals surface area contributed by atoms with E-state index in [2.05, 4.69) is 15.9 Å². The summed E-state index contributed by atoms with van der Waals surface area (Å²) in [5, 5.41) is 0. The second-order valence-corrected chi connectivity index (χ2v) is 4.52. The van der Waals surface area contributed by atoms with Crippen molar-refractivity contribution in [1.82, 2.24) is 0 Å². The van der Waals surface area contributed by atoms with Gasteiger partial charge in [-0.25, -0.2) is 8.78 Å². The summed E-state index contributed by atoms with van der Waals surface area (Å²) in [5.74, 6) is -0.786. The van der Waals surface area contributed by atoms with E-state index in [0.717, 1.165) is 0 Å². The summed E-state index contributed by atoms with van der Waals surface area (Å²) in [4.78, 5) is 0. The Balaban J connectivity index is 2.47. The van der Waals surface area contributed by atoms with E-state index in [4.69, 9.17) is 5.73 Å². The minimum absolute atomic E-state index is 0.346. The summed E-state index contributed by atoms with van der Waals surface area (Å²) >= 11 is 3.28. The fraction of sp³-hybridized carbons (Fsp3) is 0.0769. The summed E-state index contributed by atoms with van der Waals surface area (Å²) in [6, 6.07) is 9.72. The Morgan fingerprint density at radius 1 is 1.00 bits per heavy atom. The van der Waals surface area contributed by atoms with Crippen LogP contribution in [-0.2, 0) is 0 Å². The zero-order valence-corrected chi connectivity index (χ0v) is 10.4. The fourth-order valence-electron chi connectivity index (χ4n) is 1.65. The van der Waals surface area contributed by atoms with Gasteiger partial charge in [-0.2, -0.15) is 0 Å². The molecule has 0 spiro atoms. The van der Waals surface area contributed by atoms with Crippen LogP contribution in [0.1, 0.15) is 17.2 Å². The van der Waals surface area contributed by atoms with E-state index >= 15 is 0 Å². The standard InChI is InChI=1S/C13H10BrF2N/c14-11-6-5-8(15)7-10(11)13(17)9-3-1-2-4-12(9)16/h1-7,13H,17H2. The minimum atomic E-state index is -0.693. The predicted octanol–water partition coefficient (Wildman–Crippen LogP) is 3.78. The summed E-state index contributed by atoms with van der Waals surface area (Å²) in [5.41, 5.74) is 6.82. The topological polar surface area (TPSA) is 26.0 Å². The third-order valence-electron chi connectivity index (χ3n) is 2.53. The Bertz CT molecular complexity index is 543. The van der Waals surface area contributed by atoms with Crippen LogP contribution < -0.4 is 5.73 Å². The van der Waals surface area contributed by atoms with Gasteiger partial charge in [0.05, 0.1) is 6.04 Å². The van der Waals surface area contributed by atoms with Crippen LogP contribution in [0.3, 0.4) is 0 Å². The van der Waals surface area contributed by atoms with Gasteiger partial charge in [0.25, 0.3) is 0 Å². The molecule has 1 unspecified atom stereocenters. The average molecular weight is 298 g/mol. The van der Waals surface area contributed by atoms with E-state index in [1.54, 1.807) is 24.3 Å². The molecular weight excluding hydrogens is 288 g/mol. The van der Waals surface area contributed by atoms with Gasteiger partial charge in [0.1, 0.15) is 11.6 Å². The van der Waals surface area contributed by atoms with Gasteiger partial charge in [-0.3, -0.25) is 0 Å². The van der Waals surface area contributed by atoms with Crippen LogP contribution in [0, 0.1) is 11.6 Å². The average Bonchev–Trinajstić information content (AvgIpc) is 2.32. The SMILES string of the molecule is NC(c1ccccc1F)c1cc(F)ccc1Br. The highest BCUT2D eigenvalue weighted by Crippen LogP contribution is 2.28. The van der Waals surface area contributed by atoms with Crippen LogP contribution in [0.25, 0.3) is 0 Å². The molecule has 1 atom stereocenters. The van der Waals surface area contributed by atoms with Crippen molar-refractivity contribution < 1.29 is 8.78 Å². The molecule has 2 N–H and O–H groups in total. The van der Waals surface area contributed by atoms with Gasteiger partial charge in [-0.1, -0.05) is 34.1 Å². The number of hydrogen-bond acceptors (Lipinski definition) is 1. The number of benzene rings is 2. The van der Waals surface area contributed by atoms with E-state index < -0.39 is 17.7 Å². The van der Waals surface area contributed by atoms with E-state index in [1.807, 2.05) is 0 Å². The molecular formula is C13H10BrF2N. The molecule has 0 aromatic heterocycles. The lowest BCUT2D eigenvalue weighted by Crippen LogP contribution is -2.14. The van der Waals surface area contributed by atoms with Crippen molar-refractivity contribution in [3.8, 4) is 0 Å². The Kier molecular flexibility index (Phi) is 3.54. The van der Waals surface area contributed by atoms with Gasteiger partial charge in [0.15, 0.2) is 0 Å². The zero-order chi connectivity index (χ0) is 12.4. The lowest BCUT2D eigenvalue weighted by Gasteiger charge is -2.15. The van der Waals surface area contributed by atoms with Crippen LogP contribution in [0.15, 0.2) is 46.9 Å². The molecule has 0 radical (unpaired) electrons. The Morgan fingerprint density at radius 3 is 2.41 bits per heavy atom. The molecule has 0 amide bonds. The third-order valence-corrected chi connectivity index (χ3v) is 3.26. The van der Waals surface area contributed by atoms with E-state index in [9.17, 15) is 8.78 Å². The normalized spacial score (nSPS) is 12.5. The molecule has 2 rings (SSSR count). The highest BCUT2D eigenvalue weighted by molar-refractivity contribution is 9.10. The van der Waals surface area contributed by atoms with E-state index in [0.29, 0.717) is 15.6 Å². The monoisotopic (exact) mass is 297 g/mol. The van der Waals surface area contributed by atoms with Crippen LogP contribution in [0.2, 0.25) is 0 Å². The molecule has 0 aliphatic heterocycles. The zero-order valence-electron chi connectivity index (χ0n) is 8.83. The largest absolute Gasteiger partial charge is 0.320 e. The lowest BCUT2D eigenvalue weighted by molar-refractivity contribution is 0.595. The van der Waals surface area contributed by atoms with Gasteiger partial charge in [0, 0.05) is 10.0 Å². The van der Waals surface area contributed by atoms with Crippen molar-refractivity contribution in [2.75, 3.05) is 0 Å². The number of nitrogens with two attached hydrogens (primary N) is 1. The lowest BCUT2D eigenvalue weighted by atomic mass is 9.99. The predicted molar refractivity (Wildman–Crippen MR) is 66.5 cm³/mol. The second-order valence-electron chi connectivity index (χ2n) is 3.67. The summed E-state index contributed by atoms with van der Waals surface area (Å²) < 4.78 is 27.4. The molecule has 0 aliphatic rings. The Hall–Kier alpha value is -1.26. The van der Waals surface area contributed by atoms with E-state index in [-0.39, 0.29) is 0 Å². The highest BCUT2D eigenvalue weighted by Gasteiger charge is 2.16. The first kappa shape index (κ1) is 12.2. The van der Waals surface area contributed by atoms with Crippen molar-refractivity contribution >= 4 is 15.9 Å². The fourth-order valence-corrected chi connectivity index (χ4v) is 2.14. The first-order valence-corrected chi connectivity index (χ1v) is 5.84. The quantitative estimate of drug-likeness (QED) is 0.897. The molecule has 0 aliphatic carbocycles. The molecule has 0 saturated carbocycles. The maximum Gasteiger partial charge on any atom is 0.128 e. The molecule has 0 heterocycles. The molecule has 4 heteroatoms. The van der Waals surface area contributed by atoms with Gasteiger partial charge in [-0.15, -0.1) is 0 Å². The van der Waals surface area contributed by atoms with Gasteiger partial charge in [0.2, 0.25) is 0 Å². The molecule has 0 fully saturated rings. The first-order valence-electron chi connectivity index (χ1n) is 5.04. The van der Waals surface area contributed by atoms with Crippen molar-refractivity contribution in [3.05, 3.63) is 69.7 Å². The molecule has 2 aromatic carbocycles. The van der Waals surface area contributed by atoms with Crippen molar-refractivity contribution in [2.24, 2.45) is 5.73 Å². The maximum absolute atomic E-state index is 13.6. The minimum Gasteiger partial charge on any atom is -0.320 e. The molecule has 2 aromatic rings. The van der Waals surface area contributed by atoms with Crippen LogP contribution in [0.4, 0.5) is 8.78 Å². The van der Waals surface area contributed by atoms with Crippen LogP contribution in [-0.4, -0.2) is 0 Å². The first-order chi connectivity index (χ1) is 8.09. The summed E-state index contributed by atoms with van der Waals surface area (Å²) in [6.07, 6.45) is 0. The molecule has 0 saturated heterocycles. The highest BCUT2D eigenvalue weighted by atomic mass is 79.9. The number of halogens is 3. The molecule has 0 bridgehead atoms. The van der Waals surface area contributed by atoms with Gasteiger partial charge < -0.3 is 5.73 Å². The molecule has 17 heavy (non-hydrogen) atoms. The molecule has 1 nitrogen and oxygen atoms in total. The van der Waals surface area contributed by atoms with Crippen molar-refractivity contribution in [3.63, 3.8) is 0 Å². The Labute approximate surface area is 106 Å². The summed E-state index contributed by atoms with van der Waals surface area (Å²) in [7, 11) is 0. The maximum atomic E-state index is 13.6. The molecule has 88 valence electrons. The second kappa shape index (κ2) is 4.94. The number of rotatable bonds is 2. The van der Waals surface area contributed by atoms with Crippen LogP contribution in [0.5, 0.6) is 0 Å². The van der Waals surface area contributed by atoms with Gasteiger partial charge >= 0.3 is 0 Å². The summed E-state index contributed by atoms with van der Waals surface area (Å²) in [6.45, 7) is 0. The van der Waals surface area contributed by atoms with Crippen molar-refractivity contribution in [1.29, 1.82) is 0 Å². The van der Waals surface area contributed by atoms with Gasteiger partial charge in [-0.05, 0) is 29.8 Å². The van der Waals surface area contributed by atoms with Crippen LogP contribution >= 0.6 is 15.9 Å².